The Balaban J connectivity index is 1.15. The van der Waals surface area contributed by atoms with Crippen LogP contribution in [0, 0.1) is 11.8 Å². The zero-order chi connectivity index (χ0) is 35.5. The number of esters is 2. The highest BCUT2D eigenvalue weighted by Gasteiger charge is 2.64. The van der Waals surface area contributed by atoms with E-state index in [1.54, 1.807) is 36.4 Å². The second kappa shape index (κ2) is 14.8. The van der Waals surface area contributed by atoms with E-state index in [4.69, 9.17) is 19.3 Å². The van der Waals surface area contributed by atoms with Crippen LogP contribution in [0.4, 0.5) is 13.2 Å². The molecule has 11 nitrogen and oxygen atoms in total. The molecule has 3 atom stereocenters. The molecule has 2 amide bonds. The van der Waals surface area contributed by atoms with E-state index in [0.29, 0.717) is 22.3 Å². The fourth-order valence-electron chi connectivity index (χ4n) is 6.30. The van der Waals surface area contributed by atoms with Gasteiger partial charge in [-0.25, -0.2) is 9.59 Å². The average Bonchev–Trinajstić information content (AvgIpc) is 4.05. The molecule has 4 aliphatic rings. The molecule has 0 unspecified atom stereocenters. The molecular formula is C36H37F3N2O9. The maximum atomic E-state index is 13.5. The van der Waals surface area contributed by atoms with Gasteiger partial charge in [-0.15, -0.1) is 0 Å². The van der Waals surface area contributed by atoms with E-state index in [2.05, 4.69) is 15.4 Å². The van der Waals surface area contributed by atoms with Crippen molar-refractivity contribution < 1.29 is 56.4 Å². The Kier molecular flexibility index (Phi) is 10.4. The number of carbonyl (C=O) groups is 4. The summed E-state index contributed by atoms with van der Waals surface area (Å²) in [5.74, 6) is -3.03. The first kappa shape index (κ1) is 35.3. The topological polar surface area (TPSA) is 149 Å². The largest absolute Gasteiger partial charge is 0.456 e. The number of halogens is 3. The van der Waals surface area contributed by atoms with Crippen molar-refractivity contribution >= 4 is 29.8 Å². The number of alkyl halides is 3. The first-order chi connectivity index (χ1) is 23.9. The first-order valence-corrected chi connectivity index (χ1v) is 16.5. The normalized spacial score (nSPS) is 22.7. The number of benzene rings is 2. The number of fused-ring (bicyclic) bond motifs is 1. The van der Waals surface area contributed by atoms with Crippen LogP contribution in [0.25, 0.3) is 6.08 Å². The summed E-state index contributed by atoms with van der Waals surface area (Å²) >= 11 is 0. The summed E-state index contributed by atoms with van der Waals surface area (Å²) in [4.78, 5) is 51.0. The van der Waals surface area contributed by atoms with Crippen LogP contribution < -0.4 is 10.6 Å². The van der Waals surface area contributed by atoms with Gasteiger partial charge < -0.3 is 34.7 Å². The fraction of sp³-hybridized carbons (Fsp3) is 0.444. The van der Waals surface area contributed by atoms with Crippen molar-refractivity contribution in [2.75, 3.05) is 19.8 Å². The maximum Gasteiger partial charge on any atom is 0.422 e. The molecule has 0 aromatic heterocycles. The minimum absolute atomic E-state index is 0.0434. The Morgan fingerprint density at radius 2 is 1.66 bits per heavy atom. The molecule has 2 aromatic carbocycles. The molecule has 2 saturated carbocycles. The van der Waals surface area contributed by atoms with E-state index in [1.807, 2.05) is 0 Å². The van der Waals surface area contributed by atoms with Crippen molar-refractivity contribution in [3.8, 4) is 0 Å². The number of aliphatic hydroxyl groups excluding tert-OH is 1. The number of aliphatic hydroxyl groups is 1. The predicted molar refractivity (Wildman–Crippen MR) is 170 cm³/mol. The molecule has 0 bridgehead atoms. The zero-order valence-corrected chi connectivity index (χ0v) is 26.9. The van der Waals surface area contributed by atoms with Gasteiger partial charge in [-0.3, -0.25) is 9.59 Å². The molecule has 1 saturated heterocycles. The summed E-state index contributed by atoms with van der Waals surface area (Å²) in [5.41, 5.74) is 1.87. The van der Waals surface area contributed by atoms with Crippen molar-refractivity contribution in [3.63, 3.8) is 0 Å². The van der Waals surface area contributed by atoms with E-state index in [0.717, 1.165) is 31.8 Å². The van der Waals surface area contributed by atoms with Gasteiger partial charge in [0, 0.05) is 48.6 Å². The van der Waals surface area contributed by atoms with E-state index in [9.17, 15) is 32.3 Å². The van der Waals surface area contributed by atoms with Crippen LogP contribution >= 0.6 is 0 Å². The fourth-order valence-corrected chi connectivity index (χ4v) is 6.30. The molecule has 50 heavy (non-hydrogen) atoms. The molecular weight excluding hydrogens is 661 g/mol. The SMILES string of the molecule is O=C(C=Cc1cccc(C(=O)O[C@@H]2CC(C(=O)NCc3cccc(C(=O)NCCO)c3)=C[C@H]3OC(C4CC4)(C4CC4)O[C@H]32)c1)OCC(F)(F)F. The Hall–Kier alpha value is -4.53. The smallest absolute Gasteiger partial charge is 0.422 e. The number of hydrogen-bond donors (Lipinski definition) is 3. The van der Waals surface area contributed by atoms with Gasteiger partial charge in [0.05, 0.1) is 12.2 Å². The minimum Gasteiger partial charge on any atom is -0.456 e. The van der Waals surface area contributed by atoms with Gasteiger partial charge in [-0.2, -0.15) is 13.2 Å². The quantitative estimate of drug-likeness (QED) is 0.209. The van der Waals surface area contributed by atoms with Crippen LogP contribution in [0.5, 0.6) is 0 Å². The molecule has 3 N–H and O–H groups in total. The molecule has 3 fully saturated rings. The van der Waals surface area contributed by atoms with Crippen molar-refractivity contribution in [3.05, 3.63) is 88.5 Å². The Bertz CT molecular complexity index is 1670. The molecule has 14 heteroatoms. The predicted octanol–water partition coefficient (Wildman–Crippen LogP) is 4.00. The molecule has 0 spiro atoms. The Labute approximate surface area is 285 Å². The summed E-state index contributed by atoms with van der Waals surface area (Å²) in [5, 5.41) is 14.5. The van der Waals surface area contributed by atoms with E-state index < -0.39 is 54.7 Å². The number of hydrogen-bond acceptors (Lipinski definition) is 9. The Morgan fingerprint density at radius 3 is 2.36 bits per heavy atom. The first-order valence-electron chi connectivity index (χ1n) is 16.5. The molecule has 2 aromatic rings. The van der Waals surface area contributed by atoms with Gasteiger partial charge in [-0.1, -0.05) is 24.3 Å². The van der Waals surface area contributed by atoms with Gasteiger partial charge in [0.2, 0.25) is 5.91 Å². The lowest BCUT2D eigenvalue weighted by molar-refractivity contribution is -0.209. The molecule has 0 radical (unpaired) electrons. The third-order valence-corrected chi connectivity index (χ3v) is 8.91. The number of rotatable bonds is 13. The summed E-state index contributed by atoms with van der Waals surface area (Å²) < 4.78 is 60.5. The van der Waals surface area contributed by atoms with Crippen molar-refractivity contribution in [1.29, 1.82) is 0 Å². The van der Waals surface area contributed by atoms with Crippen LogP contribution in [-0.4, -0.2) is 78.9 Å². The summed E-state index contributed by atoms with van der Waals surface area (Å²) in [6.07, 6.45) is 0.832. The summed E-state index contributed by atoms with van der Waals surface area (Å²) in [6.45, 7) is -1.67. The average molecular weight is 699 g/mol. The molecule has 6 rings (SSSR count). The second-order valence-corrected chi connectivity index (χ2v) is 12.8. The number of carbonyl (C=O) groups excluding carboxylic acids is 4. The van der Waals surface area contributed by atoms with Crippen LogP contribution in [0.1, 0.15) is 63.9 Å². The van der Waals surface area contributed by atoms with E-state index in [-0.39, 0.29) is 49.4 Å². The van der Waals surface area contributed by atoms with E-state index in [1.165, 1.54) is 24.3 Å². The lowest BCUT2D eigenvalue weighted by atomic mass is 9.91. The summed E-state index contributed by atoms with van der Waals surface area (Å²) in [6, 6.07) is 12.7. The number of ether oxygens (including phenoxy) is 4. The highest BCUT2D eigenvalue weighted by atomic mass is 19.4. The zero-order valence-electron chi connectivity index (χ0n) is 26.9. The van der Waals surface area contributed by atoms with Crippen molar-refractivity contribution in [2.24, 2.45) is 11.8 Å². The minimum atomic E-state index is -4.65. The lowest BCUT2D eigenvalue weighted by Crippen LogP contribution is -2.44. The van der Waals surface area contributed by atoms with Crippen LogP contribution in [-0.2, 0) is 35.1 Å². The van der Waals surface area contributed by atoms with Crippen LogP contribution in [0.2, 0.25) is 0 Å². The van der Waals surface area contributed by atoms with Gasteiger partial charge in [-0.05, 0) is 73.2 Å². The molecule has 266 valence electrons. The monoisotopic (exact) mass is 698 g/mol. The van der Waals surface area contributed by atoms with Gasteiger partial charge in [0.25, 0.3) is 5.91 Å². The standard InChI is InChI=1S/C36H37F3N2O9/c37-35(38,39)20-47-30(43)12-7-21-3-1-6-24(15-21)34(46)48-28-17-25(18-29-31(28)50-36(49-29,26-8-9-26)27-10-11-27)33(45)41-19-22-4-2-5-23(16-22)32(44)40-13-14-42/h1-7,12,15-16,18,26-29,31,42H,8-11,13-14,17,19-20H2,(H,40,44)(H,41,45)/t28-,29-,31+/m1/s1. The van der Waals surface area contributed by atoms with Crippen molar-refractivity contribution in [2.45, 2.75) is 68.9 Å². The summed E-state index contributed by atoms with van der Waals surface area (Å²) in [7, 11) is 0. The third kappa shape index (κ3) is 8.60. The number of nitrogens with one attached hydrogen (secondary N) is 2. The van der Waals surface area contributed by atoms with Gasteiger partial charge >= 0.3 is 18.1 Å². The molecule has 1 heterocycles. The second-order valence-electron chi connectivity index (χ2n) is 12.8. The van der Waals surface area contributed by atoms with Crippen LogP contribution in [0.15, 0.2) is 66.3 Å². The highest BCUT2D eigenvalue weighted by Crippen LogP contribution is 2.59. The molecule has 3 aliphatic carbocycles. The number of amides is 2. The Morgan fingerprint density at radius 1 is 0.940 bits per heavy atom. The van der Waals surface area contributed by atoms with Crippen LogP contribution in [0.3, 0.4) is 0 Å². The van der Waals surface area contributed by atoms with E-state index >= 15 is 0 Å². The molecule has 1 aliphatic heterocycles. The third-order valence-electron chi connectivity index (χ3n) is 8.91. The lowest BCUT2D eigenvalue weighted by Gasteiger charge is -2.31. The highest BCUT2D eigenvalue weighted by molar-refractivity contribution is 5.95. The van der Waals surface area contributed by atoms with Crippen molar-refractivity contribution in [1.82, 2.24) is 10.6 Å². The maximum absolute atomic E-state index is 13.5. The van der Waals surface area contributed by atoms with Gasteiger partial charge in [0.1, 0.15) is 18.3 Å². The van der Waals surface area contributed by atoms with Gasteiger partial charge in [0.15, 0.2) is 12.4 Å².